The summed E-state index contributed by atoms with van der Waals surface area (Å²) in [4.78, 5) is 0. The van der Waals surface area contributed by atoms with Crippen LogP contribution in [0.4, 0.5) is 0 Å². The van der Waals surface area contributed by atoms with Gasteiger partial charge in [0.2, 0.25) is 0 Å². The summed E-state index contributed by atoms with van der Waals surface area (Å²) < 4.78 is 0. The number of hydrogen-bond acceptors (Lipinski definition) is 1. The first-order valence-electron chi connectivity index (χ1n) is 7.83. The van der Waals surface area contributed by atoms with E-state index in [-0.39, 0.29) is 6.04 Å². The molecule has 2 aromatic rings. The van der Waals surface area contributed by atoms with Crippen molar-refractivity contribution in [2.24, 2.45) is 0 Å². The van der Waals surface area contributed by atoms with Gasteiger partial charge in [-0.2, -0.15) is 0 Å². The second-order valence-electron chi connectivity index (χ2n) is 6.09. The van der Waals surface area contributed by atoms with Gasteiger partial charge in [0.25, 0.3) is 0 Å². The van der Waals surface area contributed by atoms with Gasteiger partial charge >= 0.3 is 0 Å². The third-order valence-electron chi connectivity index (χ3n) is 4.43. The van der Waals surface area contributed by atoms with Gasteiger partial charge in [-0.3, -0.25) is 0 Å². The maximum absolute atomic E-state index is 3.68. The molecule has 0 amide bonds. The third kappa shape index (κ3) is 3.19. The normalized spacial score (nSPS) is 12.5. The second-order valence-corrected chi connectivity index (χ2v) is 6.09. The van der Waals surface area contributed by atoms with E-state index in [2.05, 4.69) is 77.2 Å². The molecule has 0 fully saturated rings. The molecule has 2 aromatic carbocycles. The monoisotopic (exact) mass is 281 g/mol. The van der Waals surface area contributed by atoms with Crippen LogP contribution in [0.15, 0.2) is 30.3 Å². The topological polar surface area (TPSA) is 12.0 Å². The summed E-state index contributed by atoms with van der Waals surface area (Å²) in [5.41, 5.74) is 9.64. The van der Waals surface area contributed by atoms with E-state index in [1.807, 2.05) is 0 Å². The number of nitrogens with one attached hydrogen (secondary N) is 1. The number of benzene rings is 2. The van der Waals surface area contributed by atoms with E-state index in [0.29, 0.717) is 0 Å². The number of aryl methyl sites for hydroxylation is 5. The highest BCUT2D eigenvalue weighted by Gasteiger charge is 2.19. The molecule has 21 heavy (non-hydrogen) atoms. The van der Waals surface area contributed by atoms with E-state index in [1.54, 1.807) is 0 Å². The van der Waals surface area contributed by atoms with Crippen molar-refractivity contribution in [2.45, 2.75) is 47.6 Å². The Morgan fingerprint density at radius 1 is 0.810 bits per heavy atom. The molecule has 1 unspecified atom stereocenters. The minimum atomic E-state index is 0.274. The molecule has 0 aliphatic rings. The summed E-state index contributed by atoms with van der Waals surface area (Å²) in [6, 6.07) is 11.5. The van der Waals surface area contributed by atoms with Crippen molar-refractivity contribution in [3.63, 3.8) is 0 Å². The molecular formula is C20H27N. The van der Waals surface area contributed by atoms with Gasteiger partial charge in [-0.05, 0) is 80.1 Å². The molecule has 1 nitrogen and oxygen atoms in total. The Bertz CT molecular complexity index is 620. The van der Waals surface area contributed by atoms with Gasteiger partial charge in [0.05, 0.1) is 6.04 Å². The fourth-order valence-electron chi connectivity index (χ4n) is 3.15. The molecule has 0 saturated heterocycles. The molecule has 0 radical (unpaired) electrons. The van der Waals surface area contributed by atoms with Crippen LogP contribution in [0.25, 0.3) is 0 Å². The molecule has 0 aliphatic carbocycles. The Morgan fingerprint density at radius 2 is 1.38 bits per heavy atom. The van der Waals surface area contributed by atoms with Crippen LogP contribution in [0.5, 0.6) is 0 Å². The van der Waals surface area contributed by atoms with E-state index in [9.17, 15) is 0 Å². The Hall–Kier alpha value is -1.60. The minimum Gasteiger partial charge on any atom is -0.307 e. The average Bonchev–Trinajstić information content (AvgIpc) is 2.42. The van der Waals surface area contributed by atoms with E-state index in [0.717, 1.165) is 6.54 Å². The van der Waals surface area contributed by atoms with Gasteiger partial charge < -0.3 is 5.32 Å². The molecule has 1 N–H and O–H groups in total. The Labute approximate surface area is 129 Å². The quantitative estimate of drug-likeness (QED) is 0.838. The summed E-state index contributed by atoms with van der Waals surface area (Å²) in [5, 5.41) is 3.68. The highest BCUT2D eigenvalue weighted by molar-refractivity contribution is 5.46. The summed E-state index contributed by atoms with van der Waals surface area (Å²) >= 11 is 0. The van der Waals surface area contributed by atoms with Crippen molar-refractivity contribution in [3.05, 3.63) is 69.3 Å². The molecular weight excluding hydrogens is 254 g/mol. The largest absolute Gasteiger partial charge is 0.307 e. The lowest BCUT2D eigenvalue weighted by molar-refractivity contribution is 0.621. The summed E-state index contributed by atoms with van der Waals surface area (Å²) in [5.74, 6) is 0. The van der Waals surface area contributed by atoms with E-state index < -0.39 is 0 Å². The molecule has 1 heteroatoms. The molecule has 0 bridgehead atoms. The fourth-order valence-corrected chi connectivity index (χ4v) is 3.15. The van der Waals surface area contributed by atoms with Crippen molar-refractivity contribution in [2.75, 3.05) is 6.54 Å². The minimum absolute atomic E-state index is 0.274. The van der Waals surface area contributed by atoms with Gasteiger partial charge in [-0.15, -0.1) is 0 Å². The van der Waals surface area contributed by atoms with Crippen molar-refractivity contribution in [1.82, 2.24) is 5.32 Å². The fraction of sp³-hybridized carbons (Fsp3) is 0.400. The number of rotatable bonds is 4. The molecule has 2 rings (SSSR count). The predicted molar refractivity (Wildman–Crippen MR) is 92.1 cm³/mol. The predicted octanol–water partition coefficient (Wildman–Crippen LogP) is 4.93. The van der Waals surface area contributed by atoms with Crippen LogP contribution in [-0.2, 0) is 0 Å². The van der Waals surface area contributed by atoms with Crippen LogP contribution in [0.2, 0.25) is 0 Å². The maximum Gasteiger partial charge on any atom is 0.0584 e. The zero-order chi connectivity index (χ0) is 15.6. The Balaban J connectivity index is 2.62. The Kier molecular flexibility index (Phi) is 4.84. The summed E-state index contributed by atoms with van der Waals surface area (Å²) in [6.45, 7) is 14.2. The first-order chi connectivity index (χ1) is 9.95. The molecule has 0 saturated carbocycles. The van der Waals surface area contributed by atoms with E-state index >= 15 is 0 Å². The maximum atomic E-state index is 3.68. The highest BCUT2D eigenvalue weighted by atomic mass is 14.9. The van der Waals surface area contributed by atoms with Gasteiger partial charge in [0.15, 0.2) is 0 Å². The van der Waals surface area contributed by atoms with E-state index in [4.69, 9.17) is 0 Å². The van der Waals surface area contributed by atoms with Crippen LogP contribution < -0.4 is 5.32 Å². The number of hydrogen-bond donors (Lipinski definition) is 1. The van der Waals surface area contributed by atoms with Gasteiger partial charge in [-0.25, -0.2) is 0 Å². The molecule has 1 atom stereocenters. The van der Waals surface area contributed by atoms with Gasteiger partial charge in [0.1, 0.15) is 0 Å². The van der Waals surface area contributed by atoms with Crippen molar-refractivity contribution in [1.29, 1.82) is 0 Å². The van der Waals surface area contributed by atoms with Crippen molar-refractivity contribution in [3.8, 4) is 0 Å². The lowest BCUT2D eigenvalue weighted by atomic mass is 9.87. The smallest absolute Gasteiger partial charge is 0.0584 e. The highest BCUT2D eigenvalue weighted by Crippen LogP contribution is 2.31. The lowest BCUT2D eigenvalue weighted by Gasteiger charge is -2.25. The van der Waals surface area contributed by atoms with Crippen LogP contribution >= 0.6 is 0 Å². The summed E-state index contributed by atoms with van der Waals surface area (Å²) in [7, 11) is 0. The van der Waals surface area contributed by atoms with E-state index in [1.165, 1.54) is 38.9 Å². The average molecular weight is 281 g/mol. The first kappa shape index (κ1) is 15.8. The zero-order valence-electron chi connectivity index (χ0n) is 14.2. The molecule has 0 spiro atoms. The van der Waals surface area contributed by atoms with Crippen LogP contribution in [-0.4, -0.2) is 6.54 Å². The molecule has 0 aromatic heterocycles. The second kappa shape index (κ2) is 6.44. The SMILES string of the molecule is CCNC(c1cc(C)c(C)cc1C)c1c(C)cccc1C. The van der Waals surface area contributed by atoms with Crippen LogP contribution in [0.3, 0.4) is 0 Å². The first-order valence-corrected chi connectivity index (χ1v) is 7.83. The molecule has 0 heterocycles. The standard InChI is InChI=1S/C20H27N/c1-7-21-20(19-13(2)9-8-10-14(19)3)18-12-16(5)15(4)11-17(18)6/h8-12,20-21H,7H2,1-6H3. The van der Waals surface area contributed by atoms with Crippen LogP contribution in [0.1, 0.15) is 51.9 Å². The zero-order valence-corrected chi connectivity index (χ0v) is 14.2. The lowest BCUT2D eigenvalue weighted by Crippen LogP contribution is -2.24. The Morgan fingerprint density at radius 3 is 1.95 bits per heavy atom. The van der Waals surface area contributed by atoms with Gasteiger partial charge in [-0.1, -0.05) is 37.3 Å². The summed E-state index contributed by atoms with van der Waals surface area (Å²) in [6.07, 6.45) is 0. The third-order valence-corrected chi connectivity index (χ3v) is 4.43. The van der Waals surface area contributed by atoms with Crippen molar-refractivity contribution >= 4 is 0 Å². The molecule has 0 aliphatic heterocycles. The molecule has 112 valence electrons. The van der Waals surface area contributed by atoms with Crippen LogP contribution in [0, 0.1) is 34.6 Å². The van der Waals surface area contributed by atoms with Crippen molar-refractivity contribution < 1.29 is 0 Å². The van der Waals surface area contributed by atoms with Gasteiger partial charge in [0, 0.05) is 0 Å².